The summed E-state index contributed by atoms with van der Waals surface area (Å²) in [4.78, 5) is 0. The van der Waals surface area contributed by atoms with E-state index in [-0.39, 0.29) is 0 Å². The highest BCUT2D eigenvalue weighted by molar-refractivity contribution is 5.27. The van der Waals surface area contributed by atoms with Gasteiger partial charge in [0.2, 0.25) is 0 Å². The summed E-state index contributed by atoms with van der Waals surface area (Å²) >= 11 is 0. The van der Waals surface area contributed by atoms with Crippen LogP contribution in [0.1, 0.15) is 18.9 Å². The molecule has 2 heteroatoms. The Morgan fingerprint density at radius 1 is 1.24 bits per heavy atom. The molecule has 1 rings (SSSR count). The minimum Gasteiger partial charge on any atom is -0.490 e. The van der Waals surface area contributed by atoms with Crippen molar-refractivity contribution >= 4 is 0 Å². The molecule has 0 spiro atoms. The van der Waals surface area contributed by atoms with E-state index < -0.39 is 0 Å². The van der Waals surface area contributed by atoms with E-state index in [9.17, 15) is 0 Å². The summed E-state index contributed by atoms with van der Waals surface area (Å²) in [5.74, 6) is 0.882. The summed E-state index contributed by atoms with van der Waals surface area (Å²) in [6.45, 7) is 10.9. The molecule has 0 bridgehead atoms. The molecule has 0 radical (unpaired) electrons. The van der Waals surface area contributed by atoms with Crippen LogP contribution in [0.3, 0.4) is 0 Å². The van der Waals surface area contributed by atoms with E-state index in [1.54, 1.807) is 6.08 Å². The molecule has 1 atom stereocenters. The first-order chi connectivity index (χ1) is 8.26. The summed E-state index contributed by atoms with van der Waals surface area (Å²) in [5.41, 5.74) is 1.26. The van der Waals surface area contributed by atoms with Gasteiger partial charge in [0, 0.05) is 12.6 Å². The molecule has 0 aliphatic heterocycles. The van der Waals surface area contributed by atoms with E-state index in [1.165, 1.54) is 5.56 Å². The fraction of sp³-hybridized carbons (Fsp3) is 0.333. The summed E-state index contributed by atoms with van der Waals surface area (Å²) in [7, 11) is 0. The lowest BCUT2D eigenvalue weighted by Gasteiger charge is -2.11. The van der Waals surface area contributed by atoms with Gasteiger partial charge in [-0.05, 0) is 31.0 Å². The Morgan fingerprint density at radius 3 is 2.53 bits per heavy atom. The van der Waals surface area contributed by atoms with Crippen LogP contribution < -0.4 is 10.1 Å². The third-order valence-corrected chi connectivity index (χ3v) is 2.47. The summed E-state index contributed by atoms with van der Waals surface area (Å²) in [6, 6.07) is 8.58. The van der Waals surface area contributed by atoms with Crippen molar-refractivity contribution in [2.45, 2.75) is 25.9 Å². The highest BCUT2D eigenvalue weighted by atomic mass is 16.5. The molecule has 17 heavy (non-hydrogen) atoms. The number of hydrogen-bond donors (Lipinski definition) is 1. The van der Waals surface area contributed by atoms with Gasteiger partial charge in [-0.3, -0.25) is 0 Å². The third kappa shape index (κ3) is 5.36. The van der Waals surface area contributed by atoms with Gasteiger partial charge in [0.25, 0.3) is 0 Å². The SMILES string of the molecule is C=CCOc1ccc(CNC(C)CC=C)cc1. The molecule has 0 saturated carbocycles. The first-order valence-corrected chi connectivity index (χ1v) is 5.93. The maximum absolute atomic E-state index is 5.42. The Hall–Kier alpha value is -1.54. The lowest BCUT2D eigenvalue weighted by atomic mass is 10.2. The van der Waals surface area contributed by atoms with Crippen LogP contribution in [0, 0.1) is 0 Å². The Kier molecular flexibility index (Phi) is 6.12. The Labute approximate surface area is 104 Å². The fourth-order valence-corrected chi connectivity index (χ4v) is 1.48. The number of hydrogen-bond acceptors (Lipinski definition) is 2. The average molecular weight is 231 g/mol. The smallest absolute Gasteiger partial charge is 0.119 e. The summed E-state index contributed by atoms with van der Waals surface area (Å²) in [6.07, 6.45) is 4.66. The highest BCUT2D eigenvalue weighted by Gasteiger charge is 1.99. The quantitative estimate of drug-likeness (QED) is 0.693. The molecule has 0 aliphatic carbocycles. The Bertz CT molecular complexity index is 342. The van der Waals surface area contributed by atoms with Gasteiger partial charge in [0.15, 0.2) is 0 Å². The van der Waals surface area contributed by atoms with Gasteiger partial charge >= 0.3 is 0 Å². The molecule has 0 aliphatic rings. The van der Waals surface area contributed by atoms with Gasteiger partial charge in [-0.25, -0.2) is 0 Å². The van der Waals surface area contributed by atoms with Crippen molar-refractivity contribution in [2.75, 3.05) is 6.61 Å². The van der Waals surface area contributed by atoms with E-state index in [1.807, 2.05) is 18.2 Å². The molecular formula is C15H21NO. The first kappa shape index (κ1) is 13.5. The molecule has 1 aromatic rings. The molecule has 2 nitrogen and oxygen atoms in total. The lowest BCUT2D eigenvalue weighted by molar-refractivity contribution is 0.363. The maximum atomic E-state index is 5.42. The standard InChI is InChI=1S/C15H21NO/c1-4-6-13(3)16-12-14-7-9-15(10-8-14)17-11-5-2/h4-5,7-10,13,16H,1-2,6,11-12H2,3H3. The normalized spacial score (nSPS) is 11.8. The van der Waals surface area contributed by atoms with Crippen LogP contribution in [-0.4, -0.2) is 12.6 Å². The Balaban J connectivity index is 2.39. The highest BCUT2D eigenvalue weighted by Crippen LogP contribution is 2.12. The molecule has 0 saturated heterocycles. The zero-order valence-corrected chi connectivity index (χ0v) is 10.5. The molecule has 92 valence electrons. The second-order valence-corrected chi connectivity index (χ2v) is 4.05. The van der Waals surface area contributed by atoms with Gasteiger partial charge < -0.3 is 10.1 Å². The van der Waals surface area contributed by atoms with Crippen molar-refractivity contribution in [1.82, 2.24) is 5.32 Å². The van der Waals surface area contributed by atoms with Crippen LogP contribution in [0.4, 0.5) is 0 Å². The van der Waals surface area contributed by atoms with Gasteiger partial charge in [-0.2, -0.15) is 0 Å². The van der Waals surface area contributed by atoms with Gasteiger partial charge in [-0.1, -0.05) is 30.9 Å². The van der Waals surface area contributed by atoms with Crippen LogP contribution in [0.15, 0.2) is 49.6 Å². The summed E-state index contributed by atoms with van der Waals surface area (Å²) < 4.78 is 5.42. The zero-order chi connectivity index (χ0) is 12.5. The predicted molar refractivity (Wildman–Crippen MR) is 73.2 cm³/mol. The van der Waals surface area contributed by atoms with Crippen molar-refractivity contribution in [3.05, 3.63) is 55.1 Å². The molecule has 0 fully saturated rings. The van der Waals surface area contributed by atoms with E-state index in [2.05, 4.69) is 37.5 Å². The van der Waals surface area contributed by atoms with Gasteiger partial charge in [0.05, 0.1) is 0 Å². The second kappa shape index (κ2) is 7.69. The monoisotopic (exact) mass is 231 g/mol. The van der Waals surface area contributed by atoms with E-state index in [0.29, 0.717) is 12.6 Å². The first-order valence-electron chi connectivity index (χ1n) is 5.93. The van der Waals surface area contributed by atoms with Crippen molar-refractivity contribution in [1.29, 1.82) is 0 Å². The summed E-state index contributed by atoms with van der Waals surface area (Å²) in [5, 5.41) is 3.43. The van der Waals surface area contributed by atoms with E-state index in [0.717, 1.165) is 18.7 Å². The molecule has 0 amide bonds. The van der Waals surface area contributed by atoms with Crippen LogP contribution in [-0.2, 0) is 6.54 Å². The predicted octanol–water partition coefficient (Wildman–Crippen LogP) is 3.31. The molecule has 0 heterocycles. The third-order valence-electron chi connectivity index (χ3n) is 2.47. The zero-order valence-electron chi connectivity index (χ0n) is 10.5. The lowest BCUT2D eigenvalue weighted by Crippen LogP contribution is -2.24. The van der Waals surface area contributed by atoms with Crippen LogP contribution in [0.25, 0.3) is 0 Å². The van der Waals surface area contributed by atoms with Crippen LogP contribution in [0.2, 0.25) is 0 Å². The van der Waals surface area contributed by atoms with Crippen molar-refractivity contribution in [2.24, 2.45) is 0 Å². The van der Waals surface area contributed by atoms with Crippen molar-refractivity contribution in [3.63, 3.8) is 0 Å². The topological polar surface area (TPSA) is 21.3 Å². The molecule has 1 N–H and O–H groups in total. The molecule has 0 aromatic heterocycles. The van der Waals surface area contributed by atoms with Crippen LogP contribution >= 0.6 is 0 Å². The molecule has 1 unspecified atom stereocenters. The average Bonchev–Trinajstić information content (AvgIpc) is 2.35. The number of rotatable bonds is 8. The van der Waals surface area contributed by atoms with Crippen LogP contribution in [0.5, 0.6) is 5.75 Å². The van der Waals surface area contributed by atoms with Gasteiger partial charge in [0.1, 0.15) is 12.4 Å². The largest absolute Gasteiger partial charge is 0.490 e. The molecular weight excluding hydrogens is 210 g/mol. The Morgan fingerprint density at radius 2 is 1.94 bits per heavy atom. The number of nitrogens with one attached hydrogen (secondary N) is 1. The molecule has 1 aromatic carbocycles. The van der Waals surface area contributed by atoms with E-state index in [4.69, 9.17) is 4.74 Å². The number of ether oxygens (including phenoxy) is 1. The van der Waals surface area contributed by atoms with Crippen molar-refractivity contribution < 1.29 is 4.74 Å². The minimum atomic E-state index is 0.462. The minimum absolute atomic E-state index is 0.462. The van der Waals surface area contributed by atoms with Gasteiger partial charge in [-0.15, -0.1) is 6.58 Å². The maximum Gasteiger partial charge on any atom is 0.119 e. The fourth-order valence-electron chi connectivity index (χ4n) is 1.48. The number of benzene rings is 1. The second-order valence-electron chi connectivity index (χ2n) is 4.05. The van der Waals surface area contributed by atoms with E-state index >= 15 is 0 Å². The van der Waals surface area contributed by atoms with Crippen molar-refractivity contribution in [3.8, 4) is 5.75 Å².